The van der Waals surface area contributed by atoms with E-state index in [9.17, 15) is 15.0 Å². The Bertz CT molecular complexity index is 946. The molecule has 0 saturated heterocycles. The highest BCUT2D eigenvalue weighted by atomic mass is 32.2. The van der Waals surface area contributed by atoms with E-state index in [1.807, 2.05) is 31.2 Å². The Hall–Kier alpha value is -2.78. The van der Waals surface area contributed by atoms with Crippen molar-refractivity contribution in [1.82, 2.24) is 10.2 Å². The topological polar surface area (TPSA) is 105 Å². The first-order valence-electron chi connectivity index (χ1n) is 8.07. The van der Waals surface area contributed by atoms with Gasteiger partial charge in [-0.05, 0) is 37.3 Å². The molecule has 0 bridgehead atoms. The predicted molar refractivity (Wildman–Crippen MR) is 106 cm³/mol. The number of aromatic hydroxyl groups is 2. The zero-order chi connectivity index (χ0) is 19.2. The molecule has 27 heavy (non-hydrogen) atoms. The summed E-state index contributed by atoms with van der Waals surface area (Å²) in [7, 11) is 0. The Labute approximate surface area is 164 Å². The van der Waals surface area contributed by atoms with Gasteiger partial charge in [0.2, 0.25) is 5.13 Å². The van der Waals surface area contributed by atoms with Crippen LogP contribution in [0.15, 0.2) is 46.8 Å². The first kappa shape index (κ1) is 19.0. The molecule has 3 N–H and O–H groups in total. The molecule has 0 fully saturated rings. The Morgan fingerprint density at radius 2 is 2.00 bits per heavy atom. The highest BCUT2D eigenvalue weighted by Gasteiger charge is 2.13. The molecule has 0 atom stereocenters. The number of carbonyl (C=O) groups excluding carboxylic acids is 1. The number of thioether (sulfide) groups is 1. The molecular formula is C18H17N3O4S2. The third-order valence-electron chi connectivity index (χ3n) is 3.46. The number of benzene rings is 2. The lowest BCUT2D eigenvalue weighted by Crippen LogP contribution is -2.01. The molecule has 0 aliphatic rings. The van der Waals surface area contributed by atoms with Crippen molar-refractivity contribution >= 4 is 39.7 Å². The van der Waals surface area contributed by atoms with Crippen LogP contribution in [0.5, 0.6) is 17.2 Å². The van der Waals surface area contributed by atoms with Gasteiger partial charge in [0.1, 0.15) is 5.75 Å². The number of nitrogens with zero attached hydrogens (tertiary/aromatic N) is 2. The first-order valence-corrected chi connectivity index (χ1v) is 9.87. The molecule has 0 unspecified atom stereocenters. The van der Waals surface area contributed by atoms with Gasteiger partial charge < -0.3 is 20.3 Å². The minimum atomic E-state index is -0.318. The standard InChI is InChI=1S/C18H17N3O4S2/c1-2-25-16-6-4-3-5-12(16)19-17-20-21-18(27-17)26-10-15(24)11-7-8-13(22)14(23)9-11/h3-9,22-23H,2,10H2,1H3,(H,19,20). The van der Waals surface area contributed by atoms with Crippen LogP contribution in [-0.2, 0) is 0 Å². The molecule has 0 aliphatic carbocycles. The number of para-hydroxylation sites is 2. The van der Waals surface area contributed by atoms with Crippen LogP contribution in [0.3, 0.4) is 0 Å². The second-order valence-electron chi connectivity index (χ2n) is 5.34. The number of ether oxygens (including phenoxy) is 1. The zero-order valence-electron chi connectivity index (χ0n) is 14.4. The molecule has 3 aromatic rings. The summed E-state index contributed by atoms with van der Waals surface area (Å²) in [5.41, 5.74) is 1.12. The van der Waals surface area contributed by atoms with Gasteiger partial charge in [-0.2, -0.15) is 0 Å². The van der Waals surface area contributed by atoms with Gasteiger partial charge >= 0.3 is 0 Å². The van der Waals surface area contributed by atoms with Gasteiger partial charge in [-0.25, -0.2) is 0 Å². The smallest absolute Gasteiger partial charge is 0.210 e. The number of aromatic nitrogens is 2. The van der Waals surface area contributed by atoms with E-state index in [1.54, 1.807) is 0 Å². The lowest BCUT2D eigenvalue weighted by molar-refractivity contribution is 0.102. The Morgan fingerprint density at radius 1 is 1.19 bits per heavy atom. The van der Waals surface area contributed by atoms with Crippen LogP contribution >= 0.6 is 23.1 Å². The average Bonchev–Trinajstić information content (AvgIpc) is 3.11. The van der Waals surface area contributed by atoms with E-state index in [1.165, 1.54) is 41.3 Å². The van der Waals surface area contributed by atoms with Crippen molar-refractivity contribution in [2.45, 2.75) is 11.3 Å². The van der Waals surface area contributed by atoms with Crippen molar-refractivity contribution in [3.8, 4) is 17.2 Å². The third-order valence-corrected chi connectivity index (χ3v) is 5.43. The third kappa shape index (κ3) is 4.89. The van der Waals surface area contributed by atoms with Gasteiger partial charge in [0, 0.05) is 5.56 Å². The number of phenolic OH excluding ortho intramolecular Hbond substituents is 2. The molecule has 2 aromatic carbocycles. The van der Waals surface area contributed by atoms with Crippen molar-refractivity contribution < 1.29 is 19.7 Å². The number of hydrogen-bond acceptors (Lipinski definition) is 9. The summed E-state index contributed by atoms with van der Waals surface area (Å²) in [4.78, 5) is 12.2. The molecular weight excluding hydrogens is 386 g/mol. The van der Waals surface area contributed by atoms with Gasteiger partial charge in [-0.3, -0.25) is 4.79 Å². The molecule has 0 saturated carbocycles. The van der Waals surface area contributed by atoms with Gasteiger partial charge in [0.05, 0.1) is 18.0 Å². The van der Waals surface area contributed by atoms with E-state index < -0.39 is 0 Å². The van der Waals surface area contributed by atoms with Gasteiger partial charge in [0.25, 0.3) is 0 Å². The summed E-state index contributed by atoms with van der Waals surface area (Å²) < 4.78 is 6.21. The molecule has 0 radical (unpaired) electrons. The molecule has 0 amide bonds. The van der Waals surface area contributed by atoms with Crippen LogP contribution in [0, 0.1) is 0 Å². The fraction of sp³-hybridized carbons (Fsp3) is 0.167. The number of anilines is 2. The molecule has 140 valence electrons. The number of rotatable bonds is 8. The maximum absolute atomic E-state index is 12.2. The summed E-state index contributed by atoms with van der Waals surface area (Å²) in [5.74, 6) is 0.120. The fourth-order valence-corrected chi connectivity index (χ4v) is 3.85. The maximum atomic E-state index is 12.2. The largest absolute Gasteiger partial charge is 0.504 e. The van der Waals surface area contributed by atoms with Crippen LogP contribution in [0.4, 0.5) is 10.8 Å². The van der Waals surface area contributed by atoms with E-state index >= 15 is 0 Å². The SMILES string of the molecule is CCOc1ccccc1Nc1nnc(SCC(=O)c2ccc(O)c(O)c2)s1. The summed E-state index contributed by atoms with van der Waals surface area (Å²) in [5, 5.41) is 30.7. The summed E-state index contributed by atoms with van der Waals surface area (Å²) >= 11 is 2.59. The van der Waals surface area contributed by atoms with E-state index in [-0.39, 0.29) is 23.0 Å². The average molecular weight is 403 g/mol. The Kier molecular flexibility index (Phi) is 6.15. The van der Waals surface area contributed by atoms with Crippen LogP contribution in [0.1, 0.15) is 17.3 Å². The second-order valence-corrected chi connectivity index (χ2v) is 7.54. The minimum Gasteiger partial charge on any atom is -0.504 e. The summed E-state index contributed by atoms with van der Waals surface area (Å²) in [6.07, 6.45) is 0. The van der Waals surface area contributed by atoms with Crippen molar-refractivity contribution in [1.29, 1.82) is 0 Å². The Morgan fingerprint density at radius 3 is 2.78 bits per heavy atom. The molecule has 1 aromatic heterocycles. The number of nitrogens with one attached hydrogen (secondary N) is 1. The van der Waals surface area contributed by atoms with Gasteiger partial charge in [-0.15, -0.1) is 10.2 Å². The monoisotopic (exact) mass is 403 g/mol. The van der Waals surface area contributed by atoms with E-state index in [4.69, 9.17) is 4.74 Å². The number of carbonyl (C=O) groups is 1. The van der Waals surface area contributed by atoms with Gasteiger partial charge in [-0.1, -0.05) is 35.2 Å². The second kappa shape index (κ2) is 8.74. The van der Waals surface area contributed by atoms with Crippen LogP contribution in [0.25, 0.3) is 0 Å². The molecule has 1 heterocycles. The number of Topliss-reactive ketones (excluding diaryl/α,β-unsaturated/α-hetero) is 1. The molecule has 3 rings (SSSR count). The van der Waals surface area contributed by atoms with E-state index in [0.717, 1.165) is 11.4 Å². The fourth-order valence-electron chi connectivity index (χ4n) is 2.19. The number of phenols is 2. The van der Waals surface area contributed by atoms with Crippen molar-refractivity contribution in [3.63, 3.8) is 0 Å². The summed E-state index contributed by atoms with van der Waals surface area (Å²) in [6.45, 7) is 2.48. The van der Waals surface area contributed by atoms with Crippen molar-refractivity contribution in [2.24, 2.45) is 0 Å². The number of ketones is 1. The lowest BCUT2D eigenvalue weighted by atomic mass is 10.1. The minimum absolute atomic E-state index is 0.147. The van der Waals surface area contributed by atoms with Crippen LogP contribution in [-0.4, -0.2) is 38.6 Å². The molecule has 9 heteroatoms. The van der Waals surface area contributed by atoms with Crippen LogP contribution < -0.4 is 10.1 Å². The first-order chi connectivity index (χ1) is 13.1. The Balaban J connectivity index is 1.61. The normalized spacial score (nSPS) is 10.6. The molecule has 0 spiro atoms. The van der Waals surface area contributed by atoms with Gasteiger partial charge in [0.15, 0.2) is 21.6 Å². The maximum Gasteiger partial charge on any atom is 0.210 e. The van der Waals surface area contributed by atoms with Crippen molar-refractivity contribution in [2.75, 3.05) is 17.7 Å². The highest BCUT2D eigenvalue weighted by Crippen LogP contribution is 2.32. The lowest BCUT2D eigenvalue weighted by Gasteiger charge is -2.09. The quantitative estimate of drug-likeness (QED) is 0.294. The predicted octanol–water partition coefficient (Wildman–Crippen LogP) is 4.07. The van der Waals surface area contributed by atoms with Crippen molar-refractivity contribution in [3.05, 3.63) is 48.0 Å². The highest BCUT2D eigenvalue weighted by molar-refractivity contribution is 8.01. The van der Waals surface area contributed by atoms with E-state index in [2.05, 4.69) is 15.5 Å². The van der Waals surface area contributed by atoms with E-state index in [0.29, 0.717) is 21.6 Å². The molecule has 0 aliphatic heterocycles. The number of hydrogen-bond donors (Lipinski definition) is 3. The summed E-state index contributed by atoms with van der Waals surface area (Å²) in [6, 6.07) is 11.5. The molecule has 7 nitrogen and oxygen atoms in total. The van der Waals surface area contributed by atoms with Crippen LogP contribution in [0.2, 0.25) is 0 Å². The zero-order valence-corrected chi connectivity index (χ0v) is 16.0.